The van der Waals surface area contributed by atoms with E-state index in [4.69, 9.17) is 4.98 Å². The van der Waals surface area contributed by atoms with E-state index in [0.29, 0.717) is 23.8 Å². The lowest BCUT2D eigenvalue weighted by molar-refractivity contribution is 0.475. The van der Waals surface area contributed by atoms with E-state index >= 15 is 0 Å². The van der Waals surface area contributed by atoms with Gasteiger partial charge in [0.05, 0.1) is 11.3 Å². The molecule has 31 heavy (non-hydrogen) atoms. The molecule has 7 nitrogen and oxygen atoms in total. The zero-order valence-corrected chi connectivity index (χ0v) is 17.6. The second kappa shape index (κ2) is 8.84. The number of anilines is 1. The van der Waals surface area contributed by atoms with Crippen molar-refractivity contribution in [1.82, 2.24) is 19.4 Å². The fraction of sp³-hybridized carbons (Fsp3) is 0.250. The lowest BCUT2D eigenvalue weighted by atomic mass is 10.1. The summed E-state index contributed by atoms with van der Waals surface area (Å²) in [6.45, 7) is 5.00. The van der Waals surface area contributed by atoms with Gasteiger partial charge in [-0.25, -0.2) is 9.97 Å². The predicted octanol–water partition coefficient (Wildman–Crippen LogP) is 4.54. The summed E-state index contributed by atoms with van der Waals surface area (Å²) in [5.41, 5.74) is 5.01. The van der Waals surface area contributed by atoms with Crippen LogP contribution >= 0.6 is 0 Å². The first-order valence-electron chi connectivity index (χ1n) is 10.3. The van der Waals surface area contributed by atoms with Crippen molar-refractivity contribution in [3.8, 4) is 23.1 Å². The number of aromatic hydroxyl groups is 1. The van der Waals surface area contributed by atoms with E-state index in [1.165, 1.54) is 0 Å². The number of phenols is 1. The smallest absolute Gasteiger partial charge is 0.180 e. The van der Waals surface area contributed by atoms with Crippen LogP contribution in [-0.2, 0) is 6.42 Å². The molecule has 0 bridgehead atoms. The van der Waals surface area contributed by atoms with Crippen molar-refractivity contribution < 1.29 is 5.11 Å². The zero-order valence-electron chi connectivity index (χ0n) is 17.6. The van der Waals surface area contributed by atoms with Gasteiger partial charge in [-0.2, -0.15) is 5.26 Å². The molecule has 0 aliphatic carbocycles. The van der Waals surface area contributed by atoms with Gasteiger partial charge in [0.2, 0.25) is 0 Å². The Labute approximate surface area is 181 Å². The lowest BCUT2D eigenvalue weighted by Crippen LogP contribution is -2.09. The number of imidazole rings is 1. The van der Waals surface area contributed by atoms with Crippen LogP contribution in [0.1, 0.15) is 43.0 Å². The number of rotatable bonds is 7. The van der Waals surface area contributed by atoms with E-state index in [0.717, 1.165) is 41.0 Å². The second-order valence-electron chi connectivity index (χ2n) is 7.58. The quantitative estimate of drug-likeness (QED) is 0.462. The van der Waals surface area contributed by atoms with Crippen LogP contribution < -0.4 is 5.32 Å². The third-order valence-corrected chi connectivity index (χ3v) is 5.44. The van der Waals surface area contributed by atoms with Gasteiger partial charge in [-0.05, 0) is 42.5 Å². The second-order valence-corrected chi connectivity index (χ2v) is 7.58. The average molecular weight is 412 g/mol. The average Bonchev–Trinajstić information content (AvgIpc) is 3.24. The molecular formula is C24H24N6O. The molecular weight excluding hydrogens is 388 g/mol. The predicted molar refractivity (Wildman–Crippen MR) is 120 cm³/mol. The maximum absolute atomic E-state index is 9.46. The molecule has 4 aromatic rings. The van der Waals surface area contributed by atoms with E-state index in [-0.39, 0.29) is 5.75 Å². The summed E-state index contributed by atoms with van der Waals surface area (Å²) in [4.78, 5) is 13.6. The van der Waals surface area contributed by atoms with Gasteiger partial charge in [0, 0.05) is 42.6 Å². The summed E-state index contributed by atoms with van der Waals surface area (Å²) in [6, 6.07) is 11.1. The van der Waals surface area contributed by atoms with Gasteiger partial charge >= 0.3 is 0 Å². The summed E-state index contributed by atoms with van der Waals surface area (Å²) in [6.07, 6.45) is 8.91. The van der Waals surface area contributed by atoms with Crippen molar-refractivity contribution >= 4 is 11.5 Å². The third kappa shape index (κ3) is 4.33. The Morgan fingerprint density at radius 3 is 2.74 bits per heavy atom. The first kappa shape index (κ1) is 20.4. The number of pyridine rings is 1. The fourth-order valence-electron chi connectivity index (χ4n) is 3.47. The van der Waals surface area contributed by atoms with Gasteiger partial charge in [-0.1, -0.05) is 26.0 Å². The first-order chi connectivity index (χ1) is 15.1. The number of nitrogens with one attached hydrogen (secondary N) is 1. The minimum absolute atomic E-state index is 0.260. The van der Waals surface area contributed by atoms with E-state index in [2.05, 4.69) is 39.6 Å². The number of nitriles is 1. The largest absolute Gasteiger partial charge is 0.508 e. The molecule has 0 aliphatic heterocycles. The molecule has 1 aromatic carbocycles. The van der Waals surface area contributed by atoms with E-state index in [1.807, 2.05) is 24.5 Å². The Kier molecular flexibility index (Phi) is 5.80. The summed E-state index contributed by atoms with van der Waals surface area (Å²) in [5.74, 6) is 1.29. The van der Waals surface area contributed by atoms with Crippen LogP contribution in [0.25, 0.3) is 16.9 Å². The third-order valence-electron chi connectivity index (χ3n) is 5.44. The fourth-order valence-corrected chi connectivity index (χ4v) is 3.47. The Morgan fingerprint density at radius 2 is 2.00 bits per heavy atom. The van der Waals surface area contributed by atoms with Crippen LogP contribution in [0, 0.1) is 11.3 Å². The minimum atomic E-state index is 0.260. The number of hydrogen-bond donors (Lipinski definition) is 2. The van der Waals surface area contributed by atoms with Crippen molar-refractivity contribution in [2.45, 2.75) is 32.6 Å². The maximum Gasteiger partial charge on any atom is 0.180 e. The van der Waals surface area contributed by atoms with Crippen LogP contribution in [0.3, 0.4) is 0 Å². The van der Waals surface area contributed by atoms with Gasteiger partial charge in [-0.15, -0.1) is 0 Å². The molecule has 156 valence electrons. The molecule has 3 aromatic heterocycles. The van der Waals surface area contributed by atoms with Crippen LogP contribution in [0.15, 0.2) is 55.1 Å². The van der Waals surface area contributed by atoms with Gasteiger partial charge < -0.3 is 10.4 Å². The Hall–Kier alpha value is -3.92. The topological polar surface area (TPSA) is 99.1 Å². The monoisotopic (exact) mass is 412 g/mol. The number of hydrogen-bond acceptors (Lipinski definition) is 6. The number of benzene rings is 1. The molecule has 0 amide bonds. The number of fused-ring (bicyclic) bond motifs is 1. The van der Waals surface area contributed by atoms with Crippen molar-refractivity contribution in [3.05, 3.63) is 71.9 Å². The van der Waals surface area contributed by atoms with E-state index in [9.17, 15) is 10.4 Å². The molecule has 1 atom stereocenters. The standard InChI is InChI=1S/C24H24N6O/c1-3-16(2)22-14-28-24-23(27-9-8-17-4-6-20(31)7-5-17)29-21(15-30(22)24)19-10-18(11-25)12-26-13-19/h4-7,10,12-16,31H,3,8-9H2,1-2H3,(H,27,29). The number of nitrogens with zero attached hydrogens (tertiary/aromatic N) is 5. The van der Waals surface area contributed by atoms with Gasteiger partial charge in [0.15, 0.2) is 11.5 Å². The van der Waals surface area contributed by atoms with E-state index in [1.54, 1.807) is 30.6 Å². The van der Waals surface area contributed by atoms with Crippen molar-refractivity contribution in [3.63, 3.8) is 0 Å². The van der Waals surface area contributed by atoms with Crippen molar-refractivity contribution in [2.24, 2.45) is 0 Å². The van der Waals surface area contributed by atoms with Crippen LogP contribution in [0.2, 0.25) is 0 Å². The highest BCUT2D eigenvalue weighted by Gasteiger charge is 2.16. The minimum Gasteiger partial charge on any atom is -0.508 e. The number of phenolic OH excluding ortho intramolecular Hbond substituents is 1. The van der Waals surface area contributed by atoms with Crippen LogP contribution in [0.4, 0.5) is 5.82 Å². The molecule has 0 fully saturated rings. The number of aromatic nitrogens is 4. The molecule has 7 heteroatoms. The van der Waals surface area contributed by atoms with E-state index < -0.39 is 0 Å². The Morgan fingerprint density at radius 1 is 1.19 bits per heavy atom. The highest BCUT2D eigenvalue weighted by atomic mass is 16.3. The summed E-state index contributed by atoms with van der Waals surface area (Å²) < 4.78 is 2.08. The highest BCUT2D eigenvalue weighted by Crippen LogP contribution is 2.27. The Balaban J connectivity index is 1.71. The zero-order chi connectivity index (χ0) is 21.8. The summed E-state index contributed by atoms with van der Waals surface area (Å²) in [7, 11) is 0. The normalized spacial score (nSPS) is 11.9. The molecule has 1 unspecified atom stereocenters. The van der Waals surface area contributed by atoms with Crippen molar-refractivity contribution in [1.29, 1.82) is 5.26 Å². The molecule has 0 saturated carbocycles. The van der Waals surface area contributed by atoms with Gasteiger partial charge in [0.25, 0.3) is 0 Å². The van der Waals surface area contributed by atoms with Crippen molar-refractivity contribution in [2.75, 3.05) is 11.9 Å². The molecule has 0 spiro atoms. The molecule has 3 heterocycles. The summed E-state index contributed by atoms with van der Waals surface area (Å²) >= 11 is 0. The Bertz CT molecular complexity index is 1240. The lowest BCUT2D eigenvalue weighted by Gasteiger charge is -2.13. The van der Waals surface area contributed by atoms with Crippen LogP contribution in [0.5, 0.6) is 5.75 Å². The maximum atomic E-state index is 9.46. The molecule has 0 saturated heterocycles. The van der Waals surface area contributed by atoms with Gasteiger partial charge in [0.1, 0.15) is 11.8 Å². The summed E-state index contributed by atoms with van der Waals surface area (Å²) in [5, 5.41) is 22.1. The first-order valence-corrected chi connectivity index (χ1v) is 10.3. The SMILES string of the molecule is CCC(C)c1cnc2c(NCCc3ccc(O)cc3)nc(-c3cncc(C#N)c3)cn12. The molecule has 0 aliphatic rings. The van der Waals surface area contributed by atoms with Gasteiger partial charge in [-0.3, -0.25) is 9.38 Å². The molecule has 2 N–H and O–H groups in total. The molecule has 4 rings (SSSR count). The van der Waals surface area contributed by atoms with Crippen LogP contribution in [-0.4, -0.2) is 31.0 Å². The molecule has 0 radical (unpaired) electrons. The highest BCUT2D eigenvalue weighted by molar-refractivity contribution is 5.70.